The molecule has 41 heavy (non-hydrogen) atoms. The molecule has 214 valence electrons. The molecule has 8 heteroatoms. The number of fused-ring (bicyclic) bond motifs is 5. The van der Waals surface area contributed by atoms with Gasteiger partial charge in [-0.1, -0.05) is 31.5 Å². The molecule has 0 spiro atoms. The number of nitrogens with zero attached hydrogens (tertiary/aromatic N) is 4. The second-order valence-electron chi connectivity index (χ2n) is 12.7. The second kappa shape index (κ2) is 9.95. The third-order valence-corrected chi connectivity index (χ3v) is 10.2. The SMILES string of the molecule is CCCc1cccc2[nH]cc(-c3ccc4c(N5C[C@H]6CC[C@@H](C5)N6)nc(OCC56CCCN5CCC6)nc4c3F)c12. The lowest BCUT2D eigenvalue weighted by atomic mass is 9.95. The van der Waals surface area contributed by atoms with Gasteiger partial charge in [-0.2, -0.15) is 9.97 Å². The highest BCUT2D eigenvalue weighted by molar-refractivity contribution is 6.01. The van der Waals surface area contributed by atoms with Crippen LogP contribution in [0, 0.1) is 5.82 Å². The summed E-state index contributed by atoms with van der Waals surface area (Å²) in [5, 5.41) is 5.57. The Morgan fingerprint density at radius 3 is 2.61 bits per heavy atom. The van der Waals surface area contributed by atoms with Crippen molar-refractivity contribution >= 4 is 27.6 Å². The molecule has 2 aromatic carbocycles. The first-order valence-electron chi connectivity index (χ1n) is 15.6. The first-order valence-corrected chi connectivity index (χ1v) is 15.6. The summed E-state index contributed by atoms with van der Waals surface area (Å²) in [6.07, 6.45) is 11.0. The molecule has 7 nitrogen and oxygen atoms in total. The van der Waals surface area contributed by atoms with Gasteiger partial charge in [0.15, 0.2) is 5.82 Å². The van der Waals surface area contributed by atoms with Crippen LogP contribution in [-0.2, 0) is 6.42 Å². The Bertz CT molecular complexity index is 1590. The summed E-state index contributed by atoms with van der Waals surface area (Å²) in [4.78, 5) is 18.1. The number of halogens is 1. The molecule has 0 saturated carbocycles. The van der Waals surface area contributed by atoms with Crippen LogP contribution in [0.2, 0.25) is 0 Å². The topological polar surface area (TPSA) is 69.3 Å². The average molecular weight is 555 g/mol. The molecular weight excluding hydrogens is 515 g/mol. The minimum atomic E-state index is -0.303. The molecule has 4 aromatic rings. The number of aromatic amines is 1. The molecule has 4 aliphatic heterocycles. The number of anilines is 1. The first-order chi connectivity index (χ1) is 20.1. The van der Waals surface area contributed by atoms with Crippen molar-refractivity contribution in [1.29, 1.82) is 0 Å². The van der Waals surface area contributed by atoms with Crippen LogP contribution in [0.15, 0.2) is 36.5 Å². The van der Waals surface area contributed by atoms with Gasteiger partial charge in [-0.3, -0.25) is 4.90 Å². The van der Waals surface area contributed by atoms with E-state index in [1.807, 2.05) is 18.3 Å². The first kappa shape index (κ1) is 25.5. The number of nitrogens with one attached hydrogen (secondary N) is 2. The lowest BCUT2D eigenvalue weighted by Gasteiger charge is -2.34. The number of aryl methyl sites for hydroxylation is 1. The highest BCUT2D eigenvalue weighted by Crippen LogP contribution is 2.41. The monoisotopic (exact) mass is 554 g/mol. The van der Waals surface area contributed by atoms with Crippen LogP contribution in [0.3, 0.4) is 0 Å². The van der Waals surface area contributed by atoms with Gasteiger partial charge in [0.05, 0.1) is 5.54 Å². The number of H-pyrrole nitrogens is 1. The summed E-state index contributed by atoms with van der Waals surface area (Å²) in [6, 6.07) is 11.4. The number of benzene rings is 2. The smallest absolute Gasteiger partial charge is 0.319 e. The molecular formula is C33H39FN6O. The number of hydrogen-bond acceptors (Lipinski definition) is 6. The van der Waals surface area contributed by atoms with E-state index in [-0.39, 0.29) is 11.4 Å². The highest BCUT2D eigenvalue weighted by Gasteiger charge is 2.45. The zero-order valence-corrected chi connectivity index (χ0v) is 23.9. The molecule has 6 heterocycles. The zero-order chi connectivity index (χ0) is 27.6. The maximum absolute atomic E-state index is 16.7. The predicted molar refractivity (Wildman–Crippen MR) is 161 cm³/mol. The van der Waals surface area contributed by atoms with Crippen molar-refractivity contribution in [2.45, 2.75) is 75.9 Å². The summed E-state index contributed by atoms with van der Waals surface area (Å²) in [5.74, 6) is 0.495. The molecule has 8 rings (SSSR count). The van der Waals surface area contributed by atoms with E-state index in [0.717, 1.165) is 79.5 Å². The Hall–Kier alpha value is -3.23. The molecule has 2 atom stereocenters. The number of aromatic nitrogens is 3. The fourth-order valence-corrected chi connectivity index (χ4v) is 8.22. The summed E-state index contributed by atoms with van der Waals surface area (Å²) in [5.41, 5.74) is 4.15. The average Bonchev–Trinajstić information content (AvgIpc) is 3.76. The summed E-state index contributed by atoms with van der Waals surface area (Å²) in [6.45, 7) is 6.76. The number of rotatable bonds is 7. The molecule has 0 aliphatic carbocycles. The van der Waals surface area contributed by atoms with Crippen molar-refractivity contribution < 1.29 is 9.13 Å². The van der Waals surface area contributed by atoms with Gasteiger partial charge in [0.25, 0.3) is 0 Å². The van der Waals surface area contributed by atoms with Crippen molar-refractivity contribution in [1.82, 2.24) is 25.2 Å². The Labute approximate surface area is 240 Å². The van der Waals surface area contributed by atoms with E-state index in [2.05, 4.69) is 45.2 Å². The van der Waals surface area contributed by atoms with E-state index in [4.69, 9.17) is 14.7 Å². The van der Waals surface area contributed by atoms with Crippen molar-refractivity contribution in [2.75, 3.05) is 37.7 Å². The molecule has 4 aliphatic rings. The van der Waals surface area contributed by atoms with Crippen molar-refractivity contribution in [3.05, 3.63) is 47.9 Å². The second-order valence-corrected chi connectivity index (χ2v) is 12.7. The largest absolute Gasteiger partial charge is 0.461 e. The molecule has 0 amide bonds. The van der Waals surface area contributed by atoms with Crippen LogP contribution in [0.4, 0.5) is 10.2 Å². The van der Waals surface area contributed by atoms with Crippen LogP contribution in [0.5, 0.6) is 6.01 Å². The summed E-state index contributed by atoms with van der Waals surface area (Å²) in [7, 11) is 0. The van der Waals surface area contributed by atoms with Crippen LogP contribution in [-0.4, -0.2) is 70.3 Å². The fraction of sp³-hybridized carbons (Fsp3) is 0.515. The minimum Gasteiger partial charge on any atom is -0.461 e. The van der Waals surface area contributed by atoms with E-state index in [1.165, 1.54) is 31.2 Å². The molecule has 4 fully saturated rings. The fourth-order valence-electron chi connectivity index (χ4n) is 8.22. The highest BCUT2D eigenvalue weighted by atomic mass is 19.1. The Kier molecular flexibility index (Phi) is 6.18. The van der Waals surface area contributed by atoms with E-state index in [1.54, 1.807) is 0 Å². The van der Waals surface area contributed by atoms with E-state index in [9.17, 15) is 0 Å². The van der Waals surface area contributed by atoms with Gasteiger partial charge in [-0.05, 0) is 75.7 Å². The minimum absolute atomic E-state index is 0.0761. The molecule has 2 aromatic heterocycles. The number of piperazine rings is 1. The number of hydrogen-bond donors (Lipinski definition) is 2. The van der Waals surface area contributed by atoms with Gasteiger partial charge in [-0.15, -0.1) is 0 Å². The van der Waals surface area contributed by atoms with Crippen LogP contribution in [0.25, 0.3) is 32.9 Å². The lowest BCUT2D eigenvalue weighted by molar-refractivity contribution is 0.108. The van der Waals surface area contributed by atoms with Gasteiger partial charge in [0, 0.05) is 58.8 Å². The van der Waals surface area contributed by atoms with Crippen LogP contribution >= 0.6 is 0 Å². The third kappa shape index (κ3) is 4.21. The molecule has 2 N–H and O–H groups in total. The quantitative estimate of drug-likeness (QED) is 0.300. The van der Waals surface area contributed by atoms with Gasteiger partial charge in [0.2, 0.25) is 0 Å². The zero-order valence-electron chi connectivity index (χ0n) is 23.9. The van der Waals surface area contributed by atoms with E-state index in [0.29, 0.717) is 35.8 Å². The van der Waals surface area contributed by atoms with E-state index < -0.39 is 0 Å². The maximum atomic E-state index is 16.7. The Morgan fingerprint density at radius 2 is 1.83 bits per heavy atom. The van der Waals surface area contributed by atoms with Crippen LogP contribution < -0.4 is 15.0 Å². The molecule has 2 bridgehead atoms. The standard InChI is InChI=1S/C33H39FN6O/c1-2-6-21-7-3-8-27-28(21)26(17-35-27)24-11-12-25-30(29(24)34)37-32(41-20-33-13-4-15-40(33)16-5-14-33)38-31(25)39-18-22-9-10-23(19-39)36-22/h3,7-8,11-12,17,22-23,35-36H,2,4-6,9-10,13-16,18-20H2,1H3/t22-,23+. The summed E-state index contributed by atoms with van der Waals surface area (Å²) >= 11 is 0. The third-order valence-electron chi connectivity index (χ3n) is 10.2. The normalized spacial score (nSPS) is 23.6. The Balaban J connectivity index is 1.24. The van der Waals surface area contributed by atoms with Gasteiger partial charge in [-0.25, -0.2) is 4.39 Å². The van der Waals surface area contributed by atoms with Gasteiger partial charge >= 0.3 is 6.01 Å². The lowest BCUT2D eigenvalue weighted by Crippen LogP contribution is -2.51. The maximum Gasteiger partial charge on any atom is 0.319 e. The van der Waals surface area contributed by atoms with E-state index >= 15 is 4.39 Å². The van der Waals surface area contributed by atoms with Gasteiger partial charge in [0.1, 0.15) is 17.9 Å². The molecule has 0 unspecified atom stereocenters. The molecule has 0 radical (unpaired) electrons. The van der Waals surface area contributed by atoms with Crippen molar-refractivity contribution in [2.24, 2.45) is 0 Å². The van der Waals surface area contributed by atoms with Crippen LogP contribution in [0.1, 0.15) is 57.4 Å². The van der Waals surface area contributed by atoms with Gasteiger partial charge < -0.3 is 19.9 Å². The Morgan fingerprint density at radius 1 is 1.02 bits per heavy atom. The number of ether oxygens (including phenoxy) is 1. The predicted octanol–water partition coefficient (Wildman–Crippen LogP) is 5.82. The summed E-state index contributed by atoms with van der Waals surface area (Å²) < 4.78 is 23.2. The molecule has 4 saturated heterocycles. The van der Waals surface area contributed by atoms with Crippen molar-refractivity contribution in [3.63, 3.8) is 0 Å². The van der Waals surface area contributed by atoms with Crippen molar-refractivity contribution in [3.8, 4) is 17.1 Å².